The number of rotatable bonds is 3. The Labute approximate surface area is 96.7 Å². The van der Waals surface area contributed by atoms with Crippen molar-refractivity contribution in [2.45, 2.75) is 19.3 Å². The molecule has 1 aromatic rings. The van der Waals surface area contributed by atoms with Gasteiger partial charge in [-0.25, -0.2) is 0 Å². The topological polar surface area (TPSA) is 30.5 Å². The molecule has 0 spiro atoms. The zero-order valence-corrected chi connectivity index (χ0v) is 7.55. The minimum Gasteiger partial charge on any atom is -0.454 e. The Balaban J connectivity index is 2.59. The summed E-state index contributed by atoms with van der Waals surface area (Å²) in [5.74, 6) is -0.256. The lowest BCUT2D eigenvalue weighted by molar-refractivity contribution is 0.174. The number of hydrogen-bond donors (Lipinski definition) is 1. The number of fused-ring (bicyclic) bond motifs is 1. The van der Waals surface area contributed by atoms with Gasteiger partial charge in [0.15, 0.2) is 11.5 Å². The molecule has 2 rings (SSSR count). The predicted molar refractivity (Wildman–Crippen MR) is 54.8 cm³/mol. The molecule has 0 saturated heterocycles. The van der Waals surface area contributed by atoms with Crippen molar-refractivity contribution in [1.82, 2.24) is 5.31 Å². The van der Waals surface area contributed by atoms with Gasteiger partial charge in [-0.2, -0.15) is 0 Å². The highest BCUT2D eigenvalue weighted by Gasteiger charge is 2.13. The molecular formula is C11H15NO2. The van der Waals surface area contributed by atoms with E-state index in [1.807, 2.05) is 0 Å². The first-order valence-corrected chi connectivity index (χ1v) is 4.08. The van der Waals surface area contributed by atoms with Crippen LogP contribution < -0.4 is 14.8 Å². The van der Waals surface area contributed by atoms with Crippen LogP contribution in [0, 0.1) is 0 Å². The fraction of sp³-hybridized carbons (Fsp3) is 0.455. The Kier molecular flexibility index (Phi) is 0.947. The summed E-state index contributed by atoms with van der Waals surface area (Å²) in [5, 5.41) is 0.111. The third-order valence-corrected chi connectivity index (χ3v) is 1.70. The Morgan fingerprint density at radius 1 is 1.71 bits per heavy atom. The normalized spacial score (nSPS) is 27.1. The highest BCUT2D eigenvalue weighted by molar-refractivity contribution is 5.44. The molecule has 0 bridgehead atoms. The van der Waals surface area contributed by atoms with Crippen molar-refractivity contribution in [1.29, 1.82) is 0 Å². The van der Waals surface area contributed by atoms with Gasteiger partial charge in [0.2, 0.25) is 6.79 Å². The van der Waals surface area contributed by atoms with Crippen LogP contribution in [0.1, 0.15) is 23.5 Å². The van der Waals surface area contributed by atoms with Gasteiger partial charge in [0.1, 0.15) is 1.41 Å². The van der Waals surface area contributed by atoms with Gasteiger partial charge in [0.05, 0.1) is 4.11 Å². The summed E-state index contributed by atoms with van der Waals surface area (Å²) in [5.41, 5.74) is -0.499. The van der Waals surface area contributed by atoms with E-state index in [0.29, 0.717) is 0 Å². The second kappa shape index (κ2) is 3.88. The van der Waals surface area contributed by atoms with E-state index in [-0.39, 0.29) is 23.6 Å². The maximum Gasteiger partial charge on any atom is 0.231 e. The fourth-order valence-corrected chi connectivity index (χ4v) is 1.04. The van der Waals surface area contributed by atoms with E-state index in [2.05, 4.69) is 0 Å². The predicted octanol–water partition coefficient (Wildman–Crippen LogP) is 1.57. The largest absolute Gasteiger partial charge is 0.454 e. The maximum atomic E-state index is 8.16. The molecule has 0 radical (unpaired) electrons. The van der Waals surface area contributed by atoms with Gasteiger partial charge in [0.25, 0.3) is 0 Å². The average molecular weight is 202 g/mol. The van der Waals surface area contributed by atoms with Crippen molar-refractivity contribution in [2.75, 3.05) is 13.8 Å². The molecule has 0 fully saturated rings. The third-order valence-electron chi connectivity index (χ3n) is 1.70. The van der Waals surface area contributed by atoms with Gasteiger partial charge < -0.3 is 14.8 Å². The quantitative estimate of drug-likeness (QED) is 0.807. The second-order valence-electron chi connectivity index (χ2n) is 2.76. The zero-order chi connectivity index (χ0) is 17.7. The van der Waals surface area contributed by atoms with Crippen LogP contribution in [0.5, 0.6) is 11.5 Å². The number of hydrogen-bond acceptors (Lipinski definition) is 3. The molecule has 1 atom stereocenters. The van der Waals surface area contributed by atoms with Crippen LogP contribution in [0.4, 0.5) is 0 Å². The van der Waals surface area contributed by atoms with Crippen LogP contribution in [0.15, 0.2) is 18.1 Å². The lowest BCUT2D eigenvalue weighted by Gasteiger charge is -2.09. The molecule has 0 aliphatic carbocycles. The molecule has 1 aliphatic heterocycles. The van der Waals surface area contributed by atoms with Gasteiger partial charge in [-0.15, -0.1) is 0 Å². The number of likely N-dealkylation sites (N-methyl/N-ethyl adjacent to an activating group) is 1. The Morgan fingerprint density at radius 3 is 3.43 bits per heavy atom. The summed E-state index contributed by atoms with van der Waals surface area (Å²) in [6, 6.07) is -3.00. The Hall–Kier alpha value is -1.22. The third kappa shape index (κ3) is 1.82. The summed E-state index contributed by atoms with van der Waals surface area (Å²) in [7, 11) is 0. The van der Waals surface area contributed by atoms with E-state index >= 15 is 0 Å². The average Bonchev–Trinajstić information content (AvgIpc) is 2.92. The van der Waals surface area contributed by atoms with Gasteiger partial charge in [-0.05, 0) is 37.9 Å². The number of nitrogens with one attached hydrogen (secondary N) is 1. The molecule has 3 heteroatoms. The highest BCUT2D eigenvalue weighted by atomic mass is 16.7. The fourth-order valence-electron chi connectivity index (χ4n) is 1.04. The van der Waals surface area contributed by atoms with Crippen molar-refractivity contribution >= 4 is 0 Å². The van der Waals surface area contributed by atoms with E-state index in [1.165, 1.54) is 6.92 Å². The summed E-state index contributed by atoms with van der Waals surface area (Å²) in [6.07, 6.45) is -2.54. The molecule has 0 aromatic heterocycles. The van der Waals surface area contributed by atoms with E-state index in [9.17, 15) is 0 Å². The monoisotopic (exact) mass is 202 g/mol. The Morgan fingerprint density at radius 2 is 2.57 bits per heavy atom. The van der Waals surface area contributed by atoms with Gasteiger partial charge in [-0.1, -0.05) is 6.04 Å². The molecule has 1 heterocycles. The minimum atomic E-state index is -2.86. The summed E-state index contributed by atoms with van der Waals surface area (Å²) in [4.78, 5) is 0. The maximum absolute atomic E-state index is 8.16. The number of benzene rings is 1. The standard InChI is InChI=1S/C11H15NO2/c1-8(12-2)5-9-3-4-10-11(6-9)14-7-13-10/h3-4,6,8,12H,5,7H2,1-2H3/i2D3,3D,4D,5D2,6D/hD. The van der Waals surface area contributed by atoms with Crippen LogP contribution >= 0.6 is 0 Å². The van der Waals surface area contributed by atoms with Crippen LogP contribution in [-0.4, -0.2) is 19.8 Å². The lowest BCUT2D eigenvalue weighted by atomic mass is 10.1. The molecule has 1 aromatic carbocycles. The first kappa shape index (κ1) is 3.42. The van der Waals surface area contributed by atoms with Crippen molar-refractivity contribution in [3.05, 3.63) is 23.7 Å². The molecule has 1 N–H and O–H groups in total. The first-order chi connectivity index (χ1) is 10.4. The molecule has 1 aliphatic rings. The molecule has 76 valence electrons. The minimum absolute atomic E-state index is 0.106. The second-order valence-corrected chi connectivity index (χ2v) is 2.76. The summed E-state index contributed by atoms with van der Waals surface area (Å²) < 4.78 is 79.5. The van der Waals surface area contributed by atoms with Crippen molar-refractivity contribution < 1.29 is 21.9 Å². The summed E-state index contributed by atoms with van der Waals surface area (Å²) in [6.45, 7) is -1.93. The first-order valence-electron chi connectivity index (χ1n) is 8.53. The zero-order valence-electron chi connectivity index (χ0n) is 16.5. The van der Waals surface area contributed by atoms with E-state index in [1.54, 1.807) is 0 Å². The van der Waals surface area contributed by atoms with Crippen LogP contribution in [0.25, 0.3) is 0 Å². The molecule has 1 unspecified atom stereocenters. The Bertz CT molecular complexity index is 631. The van der Waals surface area contributed by atoms with Crippen LogP contribution in [0.2, 0.25) is 1.41 Å². The molecule has 14 heavy (non-hydrogen) atoms. The molecule has 3 nitrogen and oxygen atoms in total. The van der Waals surface area contributed by atoms with E-state index in [0.717, 1.165) is 0 Å². The SMILES string of the molecule is [2H]c1c([2H])c(C([2H])([2H])C(C)N([2H])C([2H])([2H])[2H])c([2H])c2c1OCO2. The van der Waals surface area contributed by atoms with Crippen LogP contribution in [0.3, 0.4) is 0 Å². The van der Waals surface area contributed by atoms with Crippen molar-refractivity contribution in [2.24, 2.45) is 0 Å². The van der Waals surface area contributed by atoms with Crippen molar-refractivity contribution in [3.63, 3.8) is 0 Å². The van der Waals surface area contributed by atoms with Gasteiger partial charge in [-0.3, -0.25) is 0 Å². The lowest BCUT2D eigenvalue weighted by Crippen LogP contribution is -2.23. The van der Waals surface area contributed by atoms with Crippen LogP contribution in [-0.2, 0) is 6.37 Å². The summed E-state index contributed by atoms with van der Waals surface area (Å²) >= 11 is 0. The number of ether oxygens (including phenoxy) is 2. The van der Waals surface area contributed by atoms with E-state index in [4.69, 9.17) is 21.9 Å². The van der Waals surface area contributed by atoms with Gasteiger partial charge >= 0.3 is 0 Å². The molecular weight excluding hydrogens is 178 g/mol. The van der Waals surface area contributed by atoms with Gasteiger partial charge in [0, 0.05) is 12.9 Å². The van der Waals surface area contributed by atoms with E-state index < -0.39 is 43.1 Å². The molecule has 0 amide bonds. The smallest absolute Gasteiger partial charge is 0.231 e. The molecule has 0 saturated carbocycles. The highest BCUT2D eigenvalue weighted by Crippen LogP contribution is 2.32. The van der Waals surface area contributed by atoms with Crippen molar-refractivity contribution in [3.8, 4) is 11.5 Å².